The van der Waals surface area contributed by atoms with Gasteiger partial charge in [-0.25, -0.2) is 9.97 Å². The second-order valence-electron chi connectivity index (χ2n) is 7.17. The van der Waals surface area contributed by atoms with Gasteiger partial charge in [0.2, 0.25) is 11.8 Å². The fourth-order valence-electron chi connectivity index (χ4n) is 3.57. The minimum Gasteiger partial charge on any atom is -0.472 e. The first-order chi connectivity index (χ1) is 14.1. The summed E-state index contributed by atoms with van der Waals surface area (Å²) in [5.41, 5.74) is 0.540. The van der Waals surface area contributed by atoms with E-state index in [9.17, 15) is 9.59 Å². The number of para-hydroxylation sites is 1. The number of nitrogens with zero attached hydrogens (tertiary/aromatic N) is 5. The molecule has 1 aliphatic rings. The fraction of sp³-hybridized carbons (Fsp3) is 0.381. The van der Waals surface area contributed by atoms with E-state index in [1.165, 1.54) is 10.9 Å². The Kier molecular flexibility index (Phi) is 5.50. The highest BCUT2D eigenvalue weighted by atomic mass is 16.5. The maximum atomic E-state index is 12.7. The standard InChI is InChI=1S/C21H23N5O3/c1-15-22-10-8-19(24-15)29-16-5-4-11-25(13-16)20(27)9-12-26-14-23-18-7-3-2-6-17(18)21(26)28/h2-3,6-8,10,14,16H,4-5,9,11-13H2,1H3/t16-/m0/s1. The Morgan fingerprint density at radius 3 is 2.97 bits per heavy atom. The van der Waals surface area contributed by atoms with Gasteiger partial charge in [0.15, 0.2) is 0 Å². The van der Waals surface area contributed by atoms with E-state index in [1.54, 1.807) is 24.4 Å². The molecular formula is C21H23N5O3. The number of likely N-dealkylation sites (tertiary alicyclic amines) is 1. The number of aryl methyl sites for hydroxylation is 2. The zero-order valence-electron chi connectivity index (χ0n) is 16.3. The minimum absolute atomic E-state index is 0.0113. The summed E-state index contributed by atoms with van der Waals surface area (Å²) in [6.07, 6.45) is 5.08. The van der Waals surface area contributed by atoms with Crippen molar-refractivity contribution in [3.05, 3.63) is 59.0 Å². The van der Waals surface area contributed by atoms with Crippen LogP contribution in [0.1, 0.15) is 25.1 Å². The van der Waals surface area contributed by atoms with Crippen LogP contribution in [0.25, 0.3) is 10.9 Å². The van der Waals surface area contributed by atoms with Crippen LogP contribution in [-0.4, -0.2) is 49.5 Å². The molecule has 1 fully saturated rings. The monoisotopic (exact) mass is 393 g/mol. The normalized spacial score (nSPS) is 16.7. The Hall–Kier alpha value is -3.29. The van der Waals surface area contributed by atoms with E-state index >= 15 is 0 Å². The van der Waals surface area contributed by atoms with Crippen molar-refractivity contribution in [1.82, 2.24) is 24.4 Å². The lowest BCUT2D eigenvalue weighted by molar-refractivity contribution is -0.134. The van der Waals surface area contributed by atoms with E-state index in [1.807, 2.05) is 24.0 Å². The lowest BCUT2D eigenvalue weighted by atomic mass is 10.1. The number of hydrogen-bond acceptors (Lipinski definition) is 6. The summed E-state index contributed by atoms with van der Waals surface area (Å²) in [4.78, 5) is 39.7. The molecule has 1 amide bonds. The van der Waals surface area contributed by atoms with Gasteiger partial charge in [0.1, 0.15) is 11.9 Å². The Bertz CT molecular complexity index is 1080. The van der Waals surface area contributed by atoms with E-state index in [-0.39, 0.29) is 24.0 Å². The number of benzene rings is 1. The highest BCUT2D eigenvalue weighted by Gasteiger charge is 2.25. The van der Waals surface area contributed by atoms with Crippen molar-refractivity contribution in [1.29, 1.82) is 0 Å². The average Bonchev–Trinajstić information content (AvgIpc) is 2.73. The molecule has 0 unspecified atom stereocenters. The van der Waals surface area contributed by atoms with Crippen LogP contribution in [-0.2, 0) is 11.3 Å². The topological polar surface area (TPSA) is 90.2 Å². The molecule has 29 heavy (non-hydrogen) atoms. The zero-order valence-corrected chi connectivity index (χ0v) is 16.3. The quantitative estimate of drug-likeness (QED) is 0.658. The molecule has 0 bridgehead atoms. The number of aromatic nitrogens is 4. The number of rotatable bonds is 5. The highest BCUT2D eigenvalue weighted by Crippen LogP contribution is 2.17. The van der Waals surface area contributed by atoms with Crippen LogP contribution in [0.2, 0.25) is 0 Å². The second kappa shape index (κ2) is 8.38. The first-order valence-electron chi connectivity index (χ1n) is 9.78. The third-order valence-corrected chi connectivity index (χ3v) is 5.07. The molecule has 0 saturated carbocycles. The summed E-state index contributed by atoms with van der Waals surface area (Å²) in [6.45, 7) is 3.34. The van der Waals surface area contributed by atoms with E-state index in [4.69, 9.17) is 4.74 Å². The molecule has 0 spiro atoms. The van der Waals surface area contributed by atoms with Gasteiger partial charge in [-0.3, -0.25) is 14.2 Å². The van der Waals surface area contributed by atoms with Crippen LogP contribution in [0.3, 0.4) is 0 Å². The molecule has 1 saturated heterocycles. The van der Waals surface area contributed by atoms with Crippen LogP contribution in [0, 0.1) is 6.92 Å². The Labute approximate surface area is 168 Å². The predicted octanol–water partition coefficient (Wildman–Crippen LogP) is 1.96. The van der Waals surface area contributed by atoms with Crippen molar-refractivity contribution in [2.45, 2.75) is 38.8 Å². The van der Waals surface area contributed by atoms with E-state index < -0.39 is 0 Å². The molecule has 8 nitrogen and oxygen atoms in total. The van der Waals surface area contributed by atoms with Gasteiger partial charge in [-0.2, -0.15) is 4.98 Å². The minimum atomic E-state index is -0.123. The summed E-state index contributed by atoms with van der Waals surface area (Å²) >= 11 is 0. The van der Waals surface area contributed by atoms with Crippen molar-refractivity contribution in [3.8, 4) is 5.88 Å². The van der Waals surface area contributed by atoms with Crippen molar-refractivity contribution >= 4 is 16.8 Å². The number of carbonyl (C=O) groups excluding carboxylic acids is 1. The molecule has 3 heterocycles. The lowest BCUT2D eigenvalue weighted by Crippen LogP contribution is -2.44. The van der Waals surface area contributed by atoms with Crippen LogP contribution in [0.15, 0.2) is 47.7 Å². The summed E-state index contributed by atoms with van der Waals surface area (Å²) in [7, 11) is 0. The Morgan fingerprint density at radius 2 is 2.10 bits per heavy atom. The maximum Gasteiger partial charge on any atom is 0.261 e. The molecule has 8 heteroatoms. The molecule has 4 rings (SSSR count). The number of piperidine rings is 1. The van der Waals surface area contributed by atoms with Crippen LogP contribution in [0.5, 0.6) is 5.88 Å². The number of carbonyl (C=O) groups is 1. The molecule has 150 valence electrons. The number of hydrogen-bond donors (Lipinski definition) is 0. The number of ether oxygens (including phenoxy) is 1. The van der Waals surface area contributed by atoms with Crippen molar-refractivity contribution < 1.29 is 9.53 Å². The van der Waals surface area contributed by atoms with Gasteiger partial charge in [0, 0.05) is 31.8 Å². The first kappa shape index (κ1) is 19.0. The van der Waals surface area contributed by atoms with E-state index in [0.717, 1.165) is 12.8 Å². The molecule has 0 N–H and O–H groups in total. The van der Waals surface area contributed by atoms with E-state index in [0.29, 0.717) is 42.2 Å². The predicted molar refractivity (Wildman–Crippen MR) is 108 cm³/mol. The first-order valence-corrected chi connectivity index (χ1v) is 9.78. The smallest absolute Gasteiger partial charge is 0.261 e. The molecule has 1 aromatic carbocycles. The summed E-state index contributed by atoms with van der Waals surface area (Å²) in [6, 6.07) is 8.95. The van der Waals surface area contributed by atoms with Gasteiger partial charge in [-0.1, -0.05) is 12.1 Å². The SMILES string of the molecule is Cc1nccc(O[C@H]2CCCN(C(=O)CCn3cnc4ccccc4c3=O)C2)n1. The molecule has 1 aliphatic heterocycles. The van der Waals surface area contributed by atoms with Gasteiger partial charge in [0.05, 0.1) is 23.8 Å². The van der Waals surface area contributed by atoms with Crippen LogP contribution < -0.4 is 10.3 Å². The van der Waals surface area contributed by atoms with Gasteiger partial charge >= 0.3 is 0 Å². The Morgan fingerprint density at radius 1 is 1.24 bits per heavy atom. The summed E-state index contributed by atoms with van der Waals surface area (Å²) in [5.74, 6) is 1.20. The van der Waals surface area contributed by atoms with Gasteiger partial charge in [0.25, 0.3) is 5.56 Å². The molecule has 1 atom stereocenters. The van der Waals surface area contributed by atoms with E-state index in [2.05, 4.69) is 15.0 Å². The number of amides is 1. The summed E-state index contributed by atoms with van der Waals surface area (Å²) in [5, 5.41) is 0.564. The zero-order chi connectivity index (χ0) is 20.2. The lowest BCUT2D eigenvalue weighted by Gasteiger charge is -2.32. The molecule has 0 aliphatic carbocycles. The molecule has 2 aromatic heterocycles. The third-order valence-electron chi connectivity index (χ3n) is 5.07. The number of fused-ring (bicyclic) bond motifs is 1. The average molecular weight is 393 g/mol. The summed E-state index contributed by atoms with van der Waals surface area (Å²) < 4.78 is 7.44. The molecule has 3 aromatic rings. The second-order valence-corrected chi connectivity index (χ2v) is 7.17. The third kappa shape index (κ3) is 4.42. The van der Waals surface area contributed by atoms with Crippen LogP contribution in [0.4, 0.5) is 0 Å². The van der Waals surface area contributed by atoms with Gasteiger partial charge < -0.3 is 9.64 Å². The highest BCUT2D eigenvalue weighted by molar-refractivity contribution is 5.77. The van der Waals surface area contributed by atoms with Gasteiger partial charge in [-0.15, -0.1) is 0 Å². The fourth-order valence-corrected chi connectivity index (χ4v) is 3.57. The van der Waals surface area contributed by atoms with Crippen LogP contribution >= 0.6 is 0 Å². The van der Waals surface area contributed by atoms with Gasteiger partial charge in [-0.05, 0) is 31.9 Å². The van der Waals surface area contributed by atoms with Crippen molar-refractivity contribution in [2.75, 3.05) is 13.1 Å². The Balaban J connectivity index is 1.37. The largest absolute Gasteiger partial charge is 0.472 e. The van der Waals surface area contributed by atoms with Crippen molar-refractivity contribution in [3.63, 3.8) is 0 Å². The van der Waals surface area contributed by atoms with Crippen molar-refractivity contribution in [2.24, 2.45) is 0 Å². The maximum absolute atomic E-state index is 12.7. The molecular weight excluding hydrogens is 370 g/mol. The molecule has 0 radical (unpaired) electrons.